The van der Waals surface area contributed by atoms with E-state index >= 15 is 0 Å². The molecule has 1 saturated carbocycles. The molecule has 0 radical (unpaired) electrons. The number of nitrogens with zero attached hydrogens (tertiary/aromatic N) is 1. The highest BCUT2D eigenvalue weighted by Crippen LogP contribution is 2.44. The zero-order valence-electron chi connectivity index (χ0n) is 16.2. The molecule has 1 aromatic carbocycles. The monoisotopic (exact) mass is 400 g/mol. The molecule has 3 fully saturated rings. The number of likely N-dealkylation sites (tertiary alicyclic amines) is 1. The second-order valence-corrected chi connectivity index (χ2v) is 9.62. The average Bonchev–Trinajstić information content (AvgIpc) is 3.27. The smallest absolute Gasteiger partial charge is 0.290 e. The first kappa shape index (κ1) is 19.1. The van der Waals surface area contributed by atoms with Crippen LogP contribution < -0.4 is 10.1 Å². The molecule has 0 bridgehead atoms. The van der Waals surface area contributed by atoms with Crippen LogP contribution in [0, 0.1) is 11.8 Å². The van der Waals surface area contributed by atoms with Crippen molar-refractivity contribution in [2.45, 2.75) is 38.7 Å². The van der Waals surface area contributed by atoms with E-state index in [0.29, 0.717) is 18.0 Å². The molecule has 6 nitrogen and oxygen atoms in total. The summed E-state index contributed by atoms with van der Waals surface area (Å²) in [6.07, 6.45) is 2.51. The predicted octanol–water partition coefficient (Wildman–Crippen LogP) is 3.08. The minimum Gasteiger partial charge on any atom is -0.486 e. The van der Waals surface area contributed by atoms with Crippen molar-refractivity contribution in [3.63, 3.8) is 0 Å². The lowest BCUT2D eigenvalue weighted by atomic mass is 9.86. The minimum atomic E-state index is -0.358. The molecular formula is C21H24N2O4S. The Morgan fingerprint density at radius 2 is 1.96 bits per heavy atom. The summed E-state index contributed by atoms with van der Waals surface area (Å²) in [6, 6.07) is 8.06. The van der Waals surface area contributed by atoms with Crippen molar-refractivity contribution in [3.8, 4) is 5.75 Å². The van der Waals surface area contributed by atoms with Crippen LogP contribution >= 0.6 is 11.8 Å². The van der Waals surface area contributed by atoms with Gasteiger partial charge in [-0.3, -0.25) is 19.7 Å². The Labute approximate surface area is 168 Å². The fourth-order valence-corrected chi connectivity index (χ4v) is 4.34. The Balaban J connectivity index is 1.30. The molecular weight excluding hydrogens is 376 g/mol. The fraction of sp³-hybridized carbons (Fsp3) is 0.476. The van der Waals surface area contributed by atoms with Gasteiger partial charge in [0.15, 0.2) is 0 Å². The van der Waals surface area contributed by atoms with Crippen LogP contribution in [-0.2, 0) is 15.0 Å². The maximum Gasteiger partial charge on any atom is 0.290 e. The molecule has 1 aromatic rings. The van der Waals surface area contributed by atoms with Crippen LogP contribution in [0.1, 0.15) is 32.8 Å². The highest BCUT2D eigenvalue weighted by atomic mass is 32.2. The molecule has 2 aliphatic heterocycles. The highest BCUT2D eigenvalue weighted by molar-refractivity contribution is 8.18. The molecule has 7 heteroatoms. The standard InChI is InChI=1S/C21H24N2O4S/c1-21(2,3)15-6-4-5-7-16(15)27-13-10-23(11-13)19(25)14-8-12(14)9-17-18(24)22-20(26)28-17/h4-7,9,12-14H,8,10-11H2,1-3H3,(H,22,24,26). The van der Waals surface area contributed by atoms with Crippen LogP contribution in [0.4, 0.5) is 4.79 Å². The SMILES string of the molecule is CC(C)(C)c1ccccc1OC1CN(C(=O)C2CC2C=C2SC(=O)NC2=O)C1. The lowest BCUT2D eigenvalue weighted by molar-refractivity contribution is -0.141. The van der Waals surface area contributed by atoms with Crippen molar-refractivity contribution in [1.82, 2.24) is 10.2 Å². The summed E-state index contributed by atoms with van der Waals surface area (Å²) < 4.78 is 6.15. The van der Waals surface area contributed by atoms with Gasteiger partial charge in [-0.1, -0.05) is 45.0 Å². The van der Waals surface area contributed by atoms with Gasteiger partial charge in [0.2, 0.25) is 5.91 Å². The van der Waals surface area contributed by atoms with E-state index in [2.05, 4.69) is 32.2 Å². The number of thioether (sulfide) groups is 1. The number of imide groups is 1. The van der Waals surface area contributed by atoms with Crippen LogP contribution in [0.25, 0.3) is 0 Å². The number of para-hydroxylation sites is 1. The van der Waals surface area contributed by atoms with Crippen molar-refractivity contribution in [2.75, 3.05) is 13.1 Å². The minimum absolute atomic E-state index is 0.00346. The Bertz CT molecular complexity index is 867. The third-order valence-corrected chi connectivity index (χ3v) is 6.14. The number of benzene rings is 1. The maximum absolute atomic E-state index is 12.6. The Hall–Kier alpha value is -2.28. The summed E-state index contributed by atoms with van der Waals surface area (Å²) in [5.74, 6) is 0.603. The van der Waals surface area contributed by atoms with E-state index < -0.39 is 0 Å². The largest absolute Gasteiger partial charge is 0.486 e. The van der Waals surface area contributed by atoms with Gasteiger partial charge in [0.05, 0.1) is 18.0 Å². The maximum atomic E-state index is 12.6. The molecule has 2 unspecified atom stereocenters. The number of allylic oxidation sites excluding steroid dienone is 1. The van der Waals surface area contributed by atoms with Crippen molar-refractivity contribution >= 4 is 28.8 Å². The molecule has 2 atom stereocenters. The summed E-state index contributed by atoms with van der Waals surface area (Å²) in [4.78, 5) is 37.7. The van der Waals surface area contributed by atoms with Crippen molar-refractivity contribution in [1.29, 1.82) is 0 Å². The number of rotatable bonds is 4. The number of ether oxygens (including phenoxy) is 1. The first-order valence-electron chi connectivity index (χ1n) is 9.52. The average molecular weight is 401 g/mol. The van der Waals surface area contributed by atoms with Crippen molar-refractivity contribution < 1.29 is 19.1 Å². The molecule has 4 rings (SSSR count). The van der Waals surface area contributed by atoms with Crippen molar-refractivity contribution in [2.24, 2.45) is 11.8 Å². The Morgan fingerprint density at radius 1 is 1.25 bits per heavy atom. The van der Waals surface area contributed by atoms with Crippen LogP contribution in [-0.4, -0.2) is 41.1 Å². The van der Waals surface area contributed by atoms with Crippen LogP contribution in [0.15, 0.2) is 35.2 Å². The number of carbonyl (C=O) groups excluding carboxylic acids is 3. The zero-order valence-corrected chi connectivity index (χ0v) is 17.0. The van der Waals surface area contributed by atoms with Gasteiger partial charge in [0.25, 0.3) is 11.1 Å². The fourth-order valence-electron chi connectivity index (χ4n) is 3.61. The molecule has 3 aliphatic rings. The quantitative estimate of drug-likeness (QED) is 0.786. The summed E-state index contributed by atoms with van der Waals surface area (Å²) in [6.45, 7) is 7.65. The van der Waals surface area contributed by atoms with Crippen LogP contribution in [0.5, 0.6) is 5.75 Å². The van der Waals surface area contributed by atoms with E-state index in [4.69, 9.17) is 4.74 Å². The number of amides is 3. The van der Waals surface area contributed by atoms with E-state index in [1.807, 2.05) is 23.1 Å². The number of hydrogen-bond acceptors (Lipinski definition) is 5. The number of carbonyl (C=O) groups is 3. The summed E-state index contributed by atoms with van der Waals surface area (Å²) >= 11 is 0.905. The lowest BCUT2D eigenvalue weighted by Gasteiger charge is -2.40. The third-order valence-electron chi connectivity index (χ3n) is 5.31. The predicted molar refractivity (Wildman–Crippen MR) is 107 cm³/mol. The summed E-state index contributed by atoms with van der Waals surface area (Å²) in [5.41, 5.74) is 1.16. The van der Waals surface area contributed by atoms with Gasteiger partial charge >= 0.3 is 0 Å². The Kier molecular flexibility index (Phi) is 4.73. The normalized spacial score (nSPS) is 26.2. The van der Waals surface area contributed by atoms with Gasteiger partial charge in [0, 0.05) is 5.92 Å². The Morgan fingerprint density at radius 3 is 2.61 bits per heavy atom. The molecule has 0 aromatic heterocycles. The highest BCUT2D eigenvalue weighted by Gasteiger charge is 2.47. The van der Waals surface area contributed by atoms with E-state index in [1.54, 1.807) is 6.08 Å². The van der Waals surface area contributed by atoms with E-state index in [-0.39, 0.29) is 40.4 Å². The summed E-state index contributed by atoms with van der Waals surface area (Å²) in [5, 5.41) is 1.89. The van der Waals surface area contributed by atoms with Gasteiger partial charge in [0.1, 0.15) is 11.9 Å². The first-order valence-corrected chi connectivity index (χ1v) is 10.3. The number of nitrogens with one attached hydrogen (secondary N) is 1. The molecule has 2 heterocycles. The molecule has 148 valence electrons. The molecule has 2 saturated heterocycles. The molecule has 3 amide bonds. The van der Waals surface area contributed by atoms with E-state index in [9.17, 15) is 14.4 Å². The zero-order chi connectivity index (χ0) is 20.1. The van der Waals surface area contributed by atoms with Crippen LogP contribution in [0.3, 0.4) is 0 Å². The van der Waals surface area contributed by atoms with Crippen molar-refractivity contribution in [3.05, 3.63) is 40.8 Å². The van der Waals surface area contributed by atoms with Gasteiger partial charge < -0.3 is 9.64 Å². The summed E-state index contributed by atoms with van der Waals surface area (Å²) in [7, 11) is 0. The topological polar surface area (TPSA) is 75.7 Å². The lowest BCUT2D eigenvalue weighted by Crippen LogP contribution is -2.56. The van der Waals surface area contributed by atoms with Gasteiger partial charge in [-0.25, -0.2) is 0 Å². The van der Waals surface area contributed by atoms with Crippen LogP contribution in [0.2, 0.25) is 0 Å². The van der Waals surface area contributed by atoms with Gasteiger partial charge in [-0.05, 0) is 41.1 Å². The molecule has 0 spiro atoms. The van der Waals surface area contributed by atoms with E-state index in [1.165, 1.54) is 0 Å². The number of hydrogen-bond donors (Lipinski definition) is 1. The van der Waals surface area contributed by atoms with Gasteiger partial charge in [-0.2, -0.15) is 0 Å². The molecule has 1 aliphatic carbocycles. The third kappa shape index (κ3) is 3.81. The molecule has 28 heavy (non-hydrogen) atoms. The second kappa shape index (κ2) is 6.95. The van der Waals surface area contributed by atoms with E-state index in [0.717, 1.165) is 29.5 Å². The first-order chi connectivity index (χ1) is 13.2. The van der Waals surface area contributed by atoms with Gasteiger partial charge in [-0.15, -0.1) is 0 Å². The molecule has 1 N–H and O–H groups in total. The second-order valence-electron chi connectivity index (χ2n) is 8.61.